The van der Waals surface area contributed by atoms with Gasteiger partial charge < -0.3 is 30.1 Å². The topological polar surface area (TPSA) is 132 Å². The van der Waals surface area contributed by atoms with E-state index in [0.29, 0.717) is 49.4 Å². The van der Waals surface area contributed by atoms with Crippen molar-refractivity contribution in [3.8, 4) is 34.5 Å². The van der Waals surface area contributed by atoms with Gasteiger partial charge in [-0.1, -0.05) is 12.1 Å². The molecule has 242 valence electrons. The van der Waals surface area contributed by atoms with Crippen molar-refractivity contribution in [2.75, 3.05) is 0 Å². The number of aromatic hydroxyl groups is 1. The number of nitrogens with two attached hydrogens (primary N) is 1. The molecule has 0 amide bonds. The van der Waals surface area contributed by atoms with Crippen molar-refractivity contribution in [2.24, 2.45) is 5.72 Å². The van der Waals surface area contributed by atoms with E-state index in [1.165, 1.54) is 12.1 Å². The average Bonchev–Trinajstić information content (AvgIpc) is 3.05. The van der Waals surface area contributed by atoms with Crippen LogP contribution in [-0.4, -0.2) is 33.0 Å². The molecule has 0 aliphatic carbocycles. The maximum Gasteiger partial charge on any atom is 0.344 e. The lowest BCUT2D eigenvalue weighted by atomic mass is 10.1. The maximum atomic E-state index is 13.8. The van der Waals surface area contributed by atoms with Crippen molar-refractivity contribution in [1.29, 1.82) is 0 Å². The van der Waals surface area contributed by atoms with Crippen molar-refractivity contribution in [2.45, 2.75) is 22.4 Å². The molecule has 4 aromatic rings. The first kappa shape index (κ1) is 33.4. The van der Waals surface area contributed by atoms with Crippen molar-refractivity contribution in [3.05, 3.63) is 98.2 Å². The van der Waals surface area contributed by atoms with E-state index < -0.39 is 27.9 Å². The molecule has 0 aromatic heterocycles. The van der Waals surface area contributed by atoms with Crippen LogP contribution in [0, 0.1) is 14.3 Å². The number of hydrogen-bond donors (Lipinski definition) is 3. The second kappa shape index (κ2) is 17.5. The summed E-state index contributed by atoms with van der Waals surface area (Å²) < 4.78 is 52.3. The fourth-order valence-corrected chi connectivity index (χ4v) is 9.01. The van der Waals surface area contributed by atoms with Gasteiger partial charge in [0.25, 0.3) is 0 Å². The van der Waals surface area contributed by atoms with Crippen LogP contribution in [0.1, 0.15) is 13.9 Å². The third-order valence-electron chi connectivity index (χ3n) is 5.94. The Hall–Kier alpha value is 0.250. The first-order chi connectivity index (χ1) is 23.4. The van der Waals surface area contributed by atoms with E-state index in [2.05, 4.69) is 114 Å². The number of esters is 1. The van der Waals surface area contributed by atoms with Gasteiger partial charge in [0.15, 0.2) is 15.0 Å². The molecule has 3 atom stereocenters. The van der Waals surface area contributed by atoms with Gasteiger partial charge in [0.05, 0.1) is 15.7 Å². The molecule has 0 bridgehead atoms. The molecule has 0 heterocycles. The number of carbonyl (C=O) groups excluding carboxylic acids is 1. The van der Waals surface area contributed by atoms with Gasteiger partial charge in [0, 0.05) is 53.5 Å². The predicted molar refractivity (Wildman–Crippen MR) is 234 cm³/mol. The zero-order chi connectivity index (χ0) is 37.1. The van der Waals surface area contributed by atoms with Crippen LogP contribution in [0.15, 0.2) is 72.8 Å². The van der Waals surface area contributed by atoms with Crippen LogP contribution >= 0.6 is 159 Å². The number of benzene rings is 4. The maximum absolute atomic E-state index is 13.8. The lowest BCUT2D eigenvalue weighted by Gasteiger charge is -2.29. The number of carboxylic acid groups (broad SMARTS) is 1. The molecule has 0 spiro atoms. The summed E-state index contributed by atoms with van der Waals surface area (Å²) in [6.45, 7) is 0. The number of phenolic OH excluding ortho intramolecular Hbond substituents is 1. The van der Waals surface area contributed by atoms with Gasteiger partial charge in [-0.25, -0.2) is 4.79 Å². The number of hydrogen-bond acceptors (Lipinski definition) is 8. The van der Waals surface area contributed by atoms with E-state index in [9.17, 15) is 19.8 Å². The minimum absolute atomic E-state index is 0.139. The molecule has 1 unspecified atom stereocenters. The Morgan fingerprint density at radius 1 is 0.848 bits per heavy atom. The summed E-state index contributed by atoms with van der Waals surface area (Å²) in [4.78, 5) is 25.5. The quantitative estimate of drug-likeness (QED) is 0.0299. The molecule has 16 heteroatoms. The number of halogens is 7. The van der Waals surface area contributed by atoms with Crippen molar-refractivity contribution in [3.63, 3.8) is 0 Å². The fraction of sp³-hybridized carbons (Fsp3) is 0.133. The molecule has 0 saturated carbocycles. The average molecular weight is 1420 g/mol. The zero-order valence-electron chi connectivity index (χ0n) is 26.7. The SMILES string of the molecule is [3H]C(c1cc(I)c(Oc2cc(I)c(OC(=O)[C@](I)(Cc3ccc(Oc4ccc(O)cc4)cc3)N(I)I)c(I)c2)c(I)c1)[C@@]([3H])(C(=O)O)N([3H])[3H]. The summed E-state index contributed by atoms with van der Waals surface area (Å²) in [5.74, 6) is 0.295. The summed E-state index contributed by atoms with van der Waals surface area (Å²) in [5, 5.41) is 19.0. The van der Waals surface area contributed by atoms with E-state index in [-0.39, 0.29) is 17.0 Å². The van der Waals surface area contributed by atoms with E-state index in [1.807, 2.05) is 69.4 Å². The number of aliphatic carboxylic acids is 1. The minimum Gasteiger partial charge on any atom is -0.508 e. The fourth-order valence-electron chi connectivity index (χ4n) is 3.76. The van der Waals surface area contributed by atoms with Crippen LogP contribution in [0.4, 0.5) is 0 Å². The van der Waals surface area contributed by atoms with Crippen molar-refractivity contribution >= 4 is 171 Å². The van der Waals surface area contributed by atoms with Crippen molar-refractivity contribution in [1.82, 2.24) is 1.33 Å². The molecule has 9 nitrogen and oxygen atoms in total. The summed E-state index contributed by atoms with van der Waals surface area (Å²) in [5.41, 5.74) is 0.726. The Bertz CT molecular complexity index is 1850. The molecular formula is C30H21I7N2O7. The number of ether oxygens (including phenoxy) is 3. The number of phenols is 1. The van der Waals surface area contributed by atoms with Gasteiger partial charge in [-0.2, -0.15) is 1.33 Å². The lowest BCUT2D eigenvalue weighted by Crippen LogP contribution is -2.44. The summed E-state index contributed by atoms with van der Waals surface area (Å²) in [6, 6.07) is 17.3. The van der Waals surface area contributed by atoms with Gasteiger partial charge in [-0.3, -0.25) is 4.79 Å². The third-order valence-corrected chi connectivity index (χ3v) is 13.9. The molecule has 0 aliphatic heterocycles. The first-order valence-electron chi connectivity index (χ1n) is 14.5. The van der Waals surface area contributed by atoms with Gasteiger partial charge in [0.1, 0.15) is 31.8 Å². The second-order valence-corrected chi connectivity index (χ2v) is 19.5. The first-order valence-corrected chi connectivity index (χ1v) is 19.9. The highest BCUT2D eigenvalue weighted by molar-refractivity contribution is 14.2. The van der Waals surface area contributed by atoms with Crippen LogP contribution in [0.25, 0.3) is 0 Å². The monoisotopic (exact) mass is 1420 g/mol. The Labute approximate surface area is 366 Å². The lowest BCUT2D eigenvalue weighted by molar-refractivity contribution is -0.139. The number of nitrogens with zero attached hydrogens (tertiary/aromatic N) is 1. The Kier molecular flexibility index (Phi) is 12.7. The highest BCUT2D eigenvalue weighted by Crippen LogP contribution is 2.41. The Balaban J connectivity index is 1.51. The normalized spacial score (nSPS) is 15.8. The number of carbonyl (C=O) groups is 2. The summed E-state index contributed by atoms with van der Waals surface area (Å²) in [6.07, 6.45) is -1.42. The highest BCUT2D eigenvalue weighted by Gasteiger charge is 2.43. The molecular weight excluding hydrogens is 1390 g/mol. The van der Waals surface area contributed by atoms with Gasteiger partial charge >= 0.3 is 11.9 Å². The largest absolute Gasteiger partial charge is 0.508 e. The summed E-state index contributed by atoms with van der Waals surface area (Å²) >= 11 is 14.3. The van der Waals surface area contributed by atoms with Gasteiger partial charge in [-0.15, -0.1) is 0 Å². The molecule has 46 heavy (non-hydrogen) atoms. The molecule has 4 aromatic carbocycles. The van der Waals surface area contributed by atoms with Crippen LogP contribution in [0.3, 0.4) is 0 Å². The minimum atomic E-state index is -2.84. The van der Waals surface area contributed by atoms with E-state index in [0.717, 1.165) is 5.56 Å². The highest BCUT2D eigenvalue weighted by atomic mass is 127. The molecule has 0 radical (unpaired) electrons. The van der Waals surface area contributed by atoms with Crippen molar-refractivity contribution < 1.29 is 39.6 Å². The molecule has 0 aliphatic rings. The van der Waals surface area contributed by atoms with Crippen LogP contribution in [0.5, 0.6) is 34.5 Å². The molecule has 0 saturated heterocycles. The Morgan fingerprint density at radius 2 is 1.37 bits per heavy atom. The molecule has 0 fully saturated rings. The smallest absolute Gasteiger partial charge is 0.344 e. The number of alkyl halides is 1. The zero-order valence-corrected chi connectivity index (χ0v) is 37.8. The molecule has 4 rings (SSSR count). The van der Waals surface area contributed by atoms with E-state index in [1.54, 1.807) is 37.7 Å². The molecule has 4 N–H and O–H groups in total. The van der Waals surface area contributed by atoms with Gasteiger partial charge in [0.2, 0.25) is 0 Å². The second-order valence-electron chi connectivity index (χ2n) is 9.26. The number of carboxylic acids is 1. The Morgan fingerprint density at radius 3 is 1.87 bits per heavy atom. The van der Waals surface area contributed by atoms with E-state index >= 15 is 0 Å². The third kappa shape index (κ3) is 10.4. The predicted octanol–water partition coefficient (Wildman–Crippen LogP) is 9.63. The van der Waals surface area contributed by atoms with Crippen LogP contribution < -0.4 is 19.9 Å². The standard InChI is InChI=1S/C30H21I7N2O7/c31-21-9-16(11-25(38)28(41)42)10-22(32)26(21)45-20-12-23(33)27(24(34)13-20)46-29(43)30(35,39(36)37)14-15-1-5-18(6-2-15)44-19-7-3-17(40)4-8-19/h1-10,12-13,25,40H,11,14,38H2,(H,41,42)/t25-,30-/m0/s1/i11T,25T/hT2/t11?,25-,30-. The van der Waals surface area contributed by atoms with Crippen LogP contribution in [-0.2, 0) is 22.4 Å². The van der Waals surface area contributed by atoms with Gasteiger partial charge in [-0.05, 0) is 191 Å². The summed E-state index contributed by atoms with van der Waals surface area (Å²) in [7, 11) is 0. The number of rotatable bonds is 13. The van der Waals surface area contributed by atoms with E-state index in [4.69, 9.17) is 19.8 Å². The van der Waals surface area contributed by atoms with Crippen LogP contribution in [0.2, 0.25) is 2.82 Å².